The van der Waals surface area contributed by atoms with Crippen LogP contribution in [0.2, 0.25) is 0 Å². The van der Waals surface area contributed by atoms with Gasteiger partial charge in [-0.2, -0.15) is 0 Å². The molecule has 0 radical (unpaired) electrons. The Kier molecular flexibility index (Phi) is 5.70. The molecule has 2 aromatic rings. The van der Waals surface area contributed by atoms with Crippen LogP contribution >= 0.6 is 0 Å². The van der Waals surface area contributed by atoms with Crippen molar-refractivity contribution < 1.29 is 26.7 Å². The standard InChI is InChI=1S/C16H16F2N2O4S/c1-10-7-12(24-2)4-6-15(10)25(22,23)19-9-16(21)20-14-5-3-11(17)8-13(14)18/h3-8,19H,9H2,1-2H3,(H,20,21). The molecule has 2 N–H and O–H groups in total. The SMILES string of the molecule is COc1ccc(S(=O)(=O)NCC(=O)Nc2ccc(F)cc2F)c(C)c1. The quantitative estimate of drug-likeness (QED) is 0.816. The molecule has 9 heteroatoms. The zero-order valence-corrected chi connectivity index (χ0v) is 14.3. The van der Waals surface area contributed by atoms with E-state index >= 15 is 0 Å². The van der Waals surface area contributed by atoms with Crippen molar-refractivity contribution >= 4 is 21.6 Å². The maximum absolute atomic E-state index is 13.5. The van der Waals surface area contributed by atoms with Crippen LogP contribution in [0.25, 0.3) is 0 Å². The van der Waals surface area contributed by atoms with Crippen LogP contribution in [-0.2, 0) is 14.8 Å². The van der Waals surface area contributed by atoms with Gasteiger partial charge in [0.15, 0.2) is 0 Å². The summed E-state index contributed by atoms with van der Waals surface area (Å²) < 4.78 is 57.9. The van der Waals surface area contributed by atoms with Gasteiger partial charge >= 0.3 is 0 Å². The van der Waals surface area contributed by atoms with Gasteiger partial charge in [0, 0.05) is 6.07 Å². The molecule has 2 aromatic carbocycles. The topological polar surface area (TPSA) is 84.5 Å². The summed E-state index contributed by atoms with van der Waals surface area (Å²) in [5.41, 5.74) is 0.197. The second kappa shape index (κ2) is 7.58. The molecule has 2 rings (SSSR count). The van der Waals surface area contributed by atoms with Gasteiger partial charge in [-0.05, 0) is 42.8 Å². The molecular weight excluding hydrogens is 354 g/mol. The molecule has 0 aromatic heterocycles. The van der Waals surface area contributed by atoms with Gasteiger partial charge in [0.05, 0.1) is 24.2 Å². The van der Waals surface area contributed by atoms with Crippen molar-refractivity contribution in [3.05, 3.63) is 53.6 Å². The molecule has 1 amide bonds. The van der Waals surface area contributed by atoms with Crippen LogP contribution in [0.5, 0.6) is 5.75 Å². The Morgan fingerprint density at radius 2 is 1.88 bits per heavy atom. The van der Waals surface area contributed by atoms with Gasteiger partial charge in [-0.15, -0.1) is 0 Å². The first kappa shape index (κ1) is 18.8. The number of aryl methyl sites for hydroxylation is 1. The monoisotopic (exact) mass is 370 g/mol. The molecule has 0 fully saturated rings. The molecule has 0 aliphatic carbocycles. The Hall–Kier alpha value is -2.52. The molecule has 6 nitrogen and oxygen atoms in total. The van der Waals surface area contributed by atoms with E-state index < -0.39 is 34.1 Å². The van der Waals surface area contributed by atoms with E-state index in [4.69, 9.17) is 4.74 Å². The third-order valence-electron chi connectivity index (χ3n) is 3.30. The zero-order valence-electron chi connectivity index (χ0n) is 13.5. The van der Waals surface area contributed by atoms with Crippen molar-refractivity contribution in [2.45, 2.75) is 11.8 Å². The molecule has 0 unspecified atom stereocenters. The summed E-state index contributed by atoms with van der Waals surface area (Å²) in [5, 5.41) is 2.17. The molecular formula is C16H16F2N2O4S. The Morgan fingerprint density at radius 3 is 2.48 bits per heavy atom. The normalized spacial score (nSPS) is 11.2. The predicted molar refractivity (Wildman–Crippen MR) is 87.9 cm³/mol. The van der Waals surface area contributed by atoms with Crippen LogP contribution in [0.15, 0.2) is 41.3 Å². The molecule has 25 heavy (non-hydrogen) atoms. The smallest absolute Gasteiger partial charge is 0.241 e. The van der Waals surface area contributed by atoms with E-state index in [-0.39, 0.29) is 10.6 Å². The lowest BCUT2D eigenvalue weighted by atomic mass is 10.2. The van der Waals surface area contributed by atoms with Gasteiger partial charge in [0.1, 0.15) is 17.4 Å². The second-order valence-corrected chi connectivity index (χ2v) is 6.86. The van der Waals surface area contributed by atoms with Crippen LogP contribution in [0.1, 0.15) is 5.56 Å². The van der Waals surface area contributed by atoms with Gasteiger partial charge in [0.2, 0.25) is 15.9 Å². The average molecular weight is 370 g/mol. The number of methoxy groups -OCH3 is 1. The molecule has 0 aliphatic heterocycles. The Balaban J connectivity index is 2.05. The summed E-state index contributed by atoms with van der Waals surface area (Å²) in [4.78, 5) is 11.8. The lowest BCUT2D eigenvalue weighted by Crippen LogP contribution is -2.33. The first-order valence-electron chi connectivity index (χ1n) is 7.12. The fourth-order valence-corrected chi connectivity index (χ4v) is 3.28. The van der Waals surface area contributed by atoms with Gasteiger partial charge < -0.3 is 10.1 Å². The number of carbonyl (C=O) groups is 1. The second-order valence-electron chi connectivity index (χ2n) is 5.13. The summed E-state index contributed by atoms with van der Waals surface area (Å²) in [6, 6.07) is 7.01. The number of amides is 1. The van der Waals surface area contributed by atoms with Crippen LogP contribution in [-0.4, -0.2) is 28.0 Å². The molecule has 0 atom stereocenters. The highest BCUT2D eigenvalue weighted by atomic mass is 32.2. The summed E-state index contributed by atoms with van der Waals surface area (Å²) in [5.74, 6) is -2.03. The largest absolute Gasteiger partial charge is 0.497 e. The molecule has 134 valence electrons. The van der Waals surface area contributed by atoms with Gasteiger partial charge in [0.25, 0.3) is 0 Å². The highest BCUT2D eigenvalue weighted by Crippen LogP contribution is 2.20. The van der Waals surface area contributed by atoms with Crippen LogP contribution in [0.3, 0.4) is 0 Å². The fraction of sp³-hybridized carbons (Fsp3) is 0.188. The minimum Gasteiger partial charge on any atom is -0.497 e. The van der Waals surface area contributed by atoms with Gasteiger partial charge in [-0.25, -0.2) is 21.9 Å². The van der Waals surface area contributed by atoms with Crippen LogP contribution in [0, 0.1) is 18.6 Å². The number of carbonyl (C=O) groups excluding carboxylic acids is 1. The maximum Gasteiger partial charge on any atom is 0.241 e. The number of anilines is 1. The van der Waals surface area contributed by atoms with Crippen molar-refractivity contribution in [2.24, 2.45) is 0 Å². The Morgan fingerprint density at radius 1 is 1.16 bits per heavy atom. The molecule has 0 saturated carbocycles. The Labute approximate surface area is 143 Å². The summed E-state index contributed by atoms with van der Waals surface area (Å²) in [6.07, 6.45) is 0. The predicted octanol–water partition coefficient (Wildman–Crippen LogP) is 2.20. The number of hydrogen-bond donors (Lipinski definition) is 2. The van der Waals surface area contributed by atoms with Gasteiger partial charge in [-0.1, -0.05) is 0 Å². The van der Waals surface area contributed by atoms with Crippen LogP contribution < -0.4 is 14.8 Å². The van der Waals surface area contributed by atoms with Crippen molar-refractivity contribution in [3.8, 4) is 5.75 Å². The van der Waals surface area contributed by atoms with E-state index in [1.54, 1.807) is 13.0 Å². The highest BCUT2D eigenvalue weighted by molar-refractivity contribution is 7.89. The lowest BCUT2D eigenvalue weighted by molar-refractivity contribution is -0.115. The van der Waals surface area contributed by atoms with Crippen molar-refractivity contribution in [2.75, 3.05) is 19.0 Å². The number of rotatable bonds is 6. The zero-order chi connectivity index (χ0) is 18.6. The number of hydrogen-bond acceptors (Lipinski definition) is 4. The fourth-order valence-electron chi connectivity index (χ4n) is 2.07. The van der Waals surface area contributed by atoms with E-state index in [1.807, 2.05) is 0 Å². The van der Waals surface area contributed by atoms with E-state index in [0.29, 0.717) is 17.4 Å². The van der Waals surface area contributed by atoms with E-state index in [0.717, 1.165) is 12.1 Å². The van der Waals surface area contributed by atoms with Crippen molar-refractivity contribution in [1.29, 1.82) is 0 Å². The molecule has 0 saturated heterocycles. The van der Waals surface area contributed by atoms with E-state index in [2.05, 4.69) is 10.0 Å². The van der Waals surface area contributed by atoms with E-state index in [1.165, 1.54) is 19.2 Å². The third-order valence-corrected chi connectivity index (χ3v) is 4.86. The number of benzene rings is 2. The first-order valence-corrected chi connectivity index (χ1v) is 8.60. The minimum absolute atomic E-state index is 0.00550. The summed E-state index contributed by atoms with van der Waals surface area (Å²) >= 11 is 0. The molecule has 0 spiro atoms. The molecule has 0 bridgehead atoms. The summed E-state index contributed by atoms with van der Waals surface area (Å²) in [7, 11) is -2.48. The molecule has 0 aliphatic rings. The van der Waals surface area contributed by atoms with Crippen molar-refractivity contribution in [3.63, 3.8) is 0 Å². The average Bonchev–Trinajstić information content (AvgIpc) is 2.55. The highest BCUT2D eigenvalue weighted by Gasteiger charge is 2.19. The summed E-state index contributed by atoms with van der Waals surface area (Å²) in [6.45, 7) is 0.982. The number of sulfonamides is 1. The lowest BCUT2D eigenvalue weighted by Gasteiger charge is -2.11. The van der Waals surface area contributed by atoms with Crippen molar-refractivity contribution in [1.82, 2.24) is 4.72 Å². The first-order chi connectivity index (χ1) is 11.7. The molecule has 0 heterocycles. The number of halogens is 2. The maximum atomic E-state index is 13.5. The van der Waals surface area contributed by atoms with E-state index in [9.17, 15) is 22.0 Å². The number of ether oxygens (including phenoxy) is 1. The number of nitrogens with one attached hydrogen (secondary N) is 2. The third kappa shape index (κ3) is 4.74. The minimum atomic E-state index is -3.94. The van der Waals surface area contributed by atoms with Crippen LogP contribution in [0.4, 0.5) is 14.5 Å². The van der Waals surface area contributed by atoms with Gasteiger partial charge in [-0.3, -0.25) is 4.79 Å². The Bertz CT molecular complexity index is 901.